The highest BCUT2D eigenvalue weighted by Gasteiger charge is 2.02. The van der Waals surface area contributed by atoms with E-state index in [-0.39, 0.29) is 6.04 Å². The fraction of sp³-hybridized carbons (Fsp3) is 0.545. The summed E-state index contributed by atoms with van der Waals surface area (Å²) < 4.78 is 2.15. The van der Waals surface area contributed by atoms with E-state index in [0.29, 0.717) is 0 Å². The molecular weight excluding hydrogens is 174 g/mol. The maximum atomic E-state index is 5.27. The first-order valence-corrected chi connectivity index (χ1v) is 4.97. The van der Waals surface area contributed by atoms with E-state index >= 15 is 0 Å². The van der Waals surface area contributed by atoms with Gasteiger partial charge in [-0.2, -0.15) is 0 Å². The van der Waals surface area contributed by atoms with Crippen LogP contribution in [0.3, 0.4) is 0 Å². The van der Waals surface area contributed by atoms with Crippen molar-refractivity contribution in [3.8, 4) is 12.3 Å². The van der Waals surface area contributed by atoms with Crippen LogP contribution in [0.15, 0.2) is 12.4 Å². The molecule has 1 aromatic rings. The van der Waals surface area contributed by atoms with Gasteiger partial charge in [-0.05, 0) is 13.3 Å². The van der Waals surface area contributed by atoms with Gasteiger partial charge in [-0.1, -0.05) is 12.8 Å². The predicted octanol–water partition coefficient (Wildman–Crippen LogP) is 1.40. The minimum absolute atomic E-state index is 0.0989. The van der Waals surface area contributed by atoms with E-state index in [1.165, 1.54) is 0 Å². The Hall–Kier alpha value is -1.27. The van der Waals surface area contributed by atoms with Gasteiger partial charge >= 0.3 is 0 Å². The molecule has 1 aromatic heterocycles. The molecule has 0 aliphatic carbocycles. The van der Waals surface area contributed by atoms with Crippen LogP contribution >= 0.6 is 0 Å². The molecule has 0 saturated carbocycles. The molecule has 0 amide bonds. The third-order valence-electron chi connectivity index (χ3n) is 2.08. The van der Waals surface area contributed by atoms with E-state index in [1.54, 1.807) is 0 Å². The molecule has 0 aromatic carbocycles. The van der Waals surface area contributed by atoms with Gasteiger partial charge in [0.25, 0.3) is 0 Å². The van der Waals surface area contributed by atoms with E-state index in [2.05, 4.69) is 27.7 Å². The number of nitrogens with zero attached hydrogens (tertiary/aromatic N) is 2. The molecule has 0 aliphatic heterocycles. The summed E-state index contributed by atoms with van der Waals surface area (Å²) in [5.41, 5.74) is 0. The highest BCUT2D eigenvalue weighted by Crippen LogP contribution is 1.99. The van der Waals surface area contributed by atoms with Crippen LogP contribution < -0.4 is 5.32 Å². The second-order valence-electron chi connectivity index (χ2n) is 3.31. The van der Waals surface area contributed by atoms with Gasteiger partial charge in [0.05, 0.1) is 12.6 Å². The average molecular weight is 191 g/mol. The van der Waals surface area contributed by atoms with Crippen LogP contribution in [0.25, 0.3) is 0 Å². The monoisotopic (exact) mass is 191 g/mol. The number of hydrogen-bond acceptors (Lipinski definition) is 2. The van der Waals surface area contributed by atoms with Crippen molar-refractivity contribution in [3.05, 3.63) is 18.2 Å². The molecule has 3 nitrogen and oxygen atoms in total. The van der Waals surface area contributed by atoms with Gasteiger partial charge in [0.1, 0.15) is 5.82 Å². The van der Waals surface area contributed by atoms with Crippen LogP contribution in [0.2, 0.25) is 0 Å². The number of rotatable bonds is 5. The summed E-state index contributed by atoms with van der Waals surface area (Å²) in [5.74, 6) is 3.68. The summed E-state index contributed by atoms with van der Waals surface area (Å²) in [6.45, 7) is 5.87. The Morgan fingerprint density at radius 1 is 1.71 bits per heavy atom. The Kier molecular flexibility index (Phi) is 4.21. The first-order chi connectivity index (χ1) is 6.77. The zero-order valence-corrected chi connectivity index (χ0v) is 8.83. The molecule has 0 radical (unpaired) electrons. The molecular formula is C11H17N3. The normalized spacial score (nSPS) is 12.4. The summed E-state index contributed by atoms with van der Waals surface area (Å²) in [7, 11) is 0. The highest BCUT2D eigenvalue weighted by molar-refractivity contribution is 4.98. The molecule has 1 heterocycles. The Bertz CT molecular complexity index is 309. The lowest BCUT2D eigenvalue weighted by atomic mass is 10.3. The summed E-state index contributed by atoms with van der Waals surface area (Å²) in [5, 5.41) is 3.21. The van der Waals surface area contributed by atoms with Gasteiger partial charge < -0.3 is 4.57 Å². The number of terminal acetylenes is 1. The summed E-state index contributed by atoms with van der Waals surface area (Å²) >= 11 is 0. The minimum atomic E-state index is 0.0989. The molecule has 1 atom stereocenters. The Morgan fingerprint density at radius 3 is 3.14 bits per heavy atom. The topological polar surface area (TPSA) is 29.9 Å². The highest BCUT2D eigenvalue weighted by atomic mass is 15.1. The van der Waals surface area contributed by atoms with Gasteiger partial charge in [0.2, 0.25) is 0 Å². The Labute approximate surface area is 85.5 Å². The van der Waals surface area contributed by atoms with Gasteiger partial charge in [-0.3, -0.25) is 5.32 Å². The van der Waals surface area contributed by atoms with Crippen molar-refractivity contribution in [2.24, 2.45) is 0 Å². The maximum absolute atomic E-state index is 5.27. The third kappa shape index (κ3) is 2.90. The molecule has 0 fully saturated rings. The van der Waals surface area contributed by atoms with Crippen LogP contribution in [0, 0.1) is 12.3 Å². The van der Waals surface area contributed by atoms with Crippen LogP contribution in [-0.4, -0.2) is 15.6 Å². The number of nitrogens with one attached hydrogen (secondary N) is 1. The van der Waals surface area contributed by atoms with E-state index in [4.69, 9.17) is 6.42 Å². The van der Waals surface area contributed by atoms with Gasteiger partial charge in [0, 0.05) is 18.9 Å². The maximum Gasteiger partial charge on any atom is 0.122 e. The lowest BCUT2D eigenvalue weighted by molar-refractivity contribution is 0.572. The molecule has 1 rings (SSSR count). The molecule has 0 aliphatic rings. The fourth-order valence-corrected chi connectivity index (χ4v) is 1.26. The van der Waals surface area contributed by atoms with E-state index in [1.807, 2.05) is 19.3 Å². The van der Waals surface area contributed by atoms with Crippen molar-refractivity contribution >= 4 is 0 Å². The second kappa shape index (κ2) is 5.46. The first kappa shape index (κ1) is 10.8. The molecule has 14 heavy (non-hydrogen) atoms. The Morgan fingerprint density at radius 2 is 2.50 bits per heavy atom. The molecule has 0 spiro atoms. The zero-order valence-electron chi connectivity index (χ0n) is 8.83. The quantitative estimate of drug-likeness (QED) is 0.713. The fourth-order valence-electron chi connectivity index (χ4n) is 1.26. The lowest BCUT2D eigenvalue weighted by Crippen LogP contribution is -2.25. The predicted molar refractivity (Wildman–Crippen MR) is 57.7 cm³/mol. The smallest absolute Gasteiger partial charge is 0.122 e. The van der Waals surface area contributed by atoms with Gasteiger partial charge in [-0.15, -0.1) is 6.42 Å². The SMILES string of the molecule is C#CC(C)NCc1nccn1CCC. The minimum Gasteiger partial charge on any atom is -0.334 e. The number of aryl methyl sites for hydroxylation is 1. The van der Waals surface area contributed by atoms with E-state index in [0.717, 1.165) is 25.3 Å². The zero-order chi connectivity index (χ0) is 10.4. The summed E-state index contributed by atoms with van der Waals surface area (Å²) in [6, 6.07) is 0.0989. The standard InChI is InChI=1S/C11H17N3/c1-4-7-14-8-6-12-11(14)9-13-10(3)5-2/h2,6,8,10,13H,4,7,9H2,1,3H3. The number of aromatic nitrogens is 2. The molecule has 1 N–H and O–H groups in total. The molecule has 0 saturated heterocycles. The van der Waals surface area contributed by atoms with Crippen molar-refractivity contribution in [1.82, 2.24) is 14.9 Å². The third-order valence-corrected chi connectivity index (χ3v) is 2.08. The summed E-state index contributed by atoms with van der Waals surface area (Å²) in [6.07, 6.45) is 10.2. The van der Waals surface area contributed by atoms with Crippen molar-refractivity contribution in [1.29, 1.82) is 0 Å². The van der Waals surface area contributed by atoms with Crippen molar-refractivity contribution in [2.45, 2.75) is 39.4 Å². The van der Waals surface area contributed by atoms with Gasteiger partial charge in [0.15, 0.2) is 0 Å². The van der Waals surface area contributed by atoms with Crippen LogP contribution in [-0.2, 0) is 13.1 Å². The second-order valence-corrected chi connectivity index (χ2v) is 3.31. The molecule has 0 bridgehead atoms. The molecule has 1 unspecified atom stereocenters. The molecule has 76 valence electrons. The van der Waals surface area contributed by atoms with Crippen molar-refractivity contribution < 1.29 is 0 Å². The average Bonchev–Trinajstić information content (AvgIpc) is 2.62. The largest absolute Gasteiger partial charge is 0.334 e. The van der Waals surface area contributed by atoms with E-state index < -0.39 is 0 Å². The van der Waals surface area contributed by atoms with Crippen LogP contribution in [0.4, 0.5) is 0 Å². The Balaban J connectivity index is 2.50. The number of hydrogen-bond donors (Lipinski definition) is 1. The van der Waals surface area contributed by atoms with Crippen LogP contribution in [0.5, 0.6) is 0 Å². The number of imidazole rings is 1. The van der Waals surface area contributed by atoms with E-state index in [9.17, 15) is 0 Å². The summed E-state index contributed by atoms with van der Waals surface area (Å²) in [4.78, 5) is 4.27. The van der Waals surface area contributed by atoms with Crippen LogP contribution in [0.1, 0.15) is 26.1 Å². The lowest BCUT2D eigenvalue weighted by Gasteiger charge is -2.09. The van der Waals surface area contributed by atoms with Crippen molar-refractivity contribution in [3.63, 3.8) is 0 Å². The first-order valence-electron chi connectivity index (χ1n) is 4.97. The van der Waals surface area contributed by atoms with Gasteiger partial charge in [-0.25, -0.2) is 4.98 Å². The molecule has 3 heteroatoms. The van der Waals surface area contributed by atoms with Crippen molar-refractivity contribution in [2.75, 3.05) is 0 Å².